The number of halogens is 3. The molecule has 0 aliphatic carbocycles. The van der Waals surface area contributed by atoms with Crippen LogP contribution in [0.25, 0.3) is 0 Å². The molecule has 2 atom stereocenters. The molecular formula is C8H16F3NO2. The fourth-order valence-electron chi connectivity index (χ4n) is 0.962. The van der Waals surface area contributed by atoms with E-state index in [4.69, 9.17) is 10.2 Å². The number of alkyl halides is 3. The molecule has 86 valence electrons. The van der Waals surface area contributed by atoms with Crippen LogP contribution in [0, 0.1) is 0 Å². The molecule has 2 N–H and O–H groups in total. The van der Waals surface area contributed by atoms with Crippen molar-refractivity contribution in [1.29, 1.82) is 0 Å². The van der Waals surface area contributed by atoms with Crippen molar-refractivity contribution in [2.45, 2.75) is 31.7 Å². The van der Waals surface area contributed by atoms with Crippen molar-refractivity contribution in [3.05, 3.63) is 0 Å². The highest BCUT2D eigenvalue weighted by atomic mass is 19.4. The van der Waals surface area contributed by atoms with Crippen molar-refractivity contribution in [2.75, 3.05) is 20.1 Å². The molecule has 0 spiro atoms. The van der Waals surface area contributed by atoms with Crippen LogP contribution in [0.2, 0.25) is 0 Å². The lowest BCUT2D eigenvalue weighted by molar-refractivity contribution is -0.207. The first-order valence-corrected chi connectivity index (χ1v) is 4.38. The fraction of sp³-hybridized carbons (Fsp3) is 1.00. The highest BCUT2D eigenvalue weighted by molar-refractivity contribution is 4.70. The quantitative estimate of drug-likeness (QED) is 0.706. The van der Waals surface area contributed by atoms with Gasteiger partial charge in [0.15, 0.2) is 6.10 Å². The number of hydrogen-bond donors (Lipinski definition) is 2. The molecule has 3 nitrogen and oxygen atoms in total. The van der Waals surface area contributed by atoms with Gasteiger partial charge in [-0.25, -0.2) is 0 Å². The minimum atomic E-state index is -4.59. The molecule has 0 fully saturated rings. The number of nitrogens with zero attached hydrogens (tertiary/aromatic N) is 1. The Morgan fingerprint density at radius 2 is 1.71 bits per heavy atom. The molecule has 0 aromatic heterocycles. The third-order valence-electron chi connectivity index (χ3n) is 1.86. The summed E-state index contributed by atoms with van der Waals surface area (Å²) in [6, 6.07) is 0. The maximum absolute atomic E-state index is 11.9. The van der Waals surface area contributed by atoms with Crippen LogP contribution in [0.1, 0.15) is 13.3 Å². The Bertz CT molecular complexity index is 163. The molecule has 0 aromatic carbocycles. The van der Waals surface area contributed by atoms with Gasteiger partial charge in [-0.05, 0) is 13.5 Å². The van der Waals surface area contributed by atoms with E-state index >= 15 is 0 Å². The third-order valence-corrected chi connectivity index (χ3v) is 1.86. The Hall–Kier alpha value is -0.330. The Morgan fingerprint density at radius 3 is 2.07 bits per heavy atom. The lowest BCUT2D eigenvalue weighted by atomic mass is 10.2. The summed E-state index contributed by atoms with van der Waals surface area (Å²) < 4.78 is 35.7. The maximum atomic E-state index is 11.9. The third kappa shape index (κ3) is 5.41. The average molecular weight is 215 g/mol. The van der Waals surface area contributed by atoms with Crippen molar-refractivity contribution in [1.82, 2.24) is 4.90 Å². The first-order chi connectivity index (χ1) is 6.27. The van der Waals surface area contributed by atoms with Gasteiger partial charge in [0.1, 0.15) is 0 Å². The van der Waals surface area contributed by atoms with E-state index in [2.05, 4.69) is 0 Å². The van der Waals surface area contributed by atoms with Gasteiger partial charge in [-0.15, -0.1) is 0 Å². The van der Waals surface area contributed by atoms with Crippen LogP contribution in [0.15, 0.2) is 0 Å². The maximum Gasteiger partial charge on any atom is 0.415 e. The largest absolute Gasteiger partial charge is 0.415 e. The standard InChI is InChI=1S/C8H16F3NO2/c1-3-6(13)4-12(2)5-7(14)8(9,10)11/h6-7,13-14H,3-5H2,1-2H3/t6-,7?/m1/s1. The minimum Gasteiger partial charge on any atom is -0.392 e. The normalized spacial score (nSPS) is 17.1. The van der Waals surface area contributed by atoms with Gasteiger partial charge in [0.25, 0.3) is 0 Å². The van der Waals surface area contributed by atoms with Gasteiger partial charge in [-0.2, -0.15) is 13.2 Å². The van der Waals surface area contributed by atoms with Crippen molar-refractivity contribution in [3.8, 4) is 0 Å². The average Bonchev–Trinajstić information content (AvgIpc) is 2.02. The second-order valence-electron chi connectivity index (χ2n) is 3.34. The monoisotopic (exact) mass is 215 g/mol. The van der Waals surface area contributed by atoms with Crippen LogP contribution in [0.3, 0.4) is 0 Å². The predicted molar refractivity (Wildman–Crippen MR) is 45.9 cm³/mol. The molecule has 0 amide bonds. The SMILES string of the molecule is CC[C@@H](O)CN(C)CC(O)C(F)(F)F. The first-order valence-electron chi connectivity index (χ1n) is 4.38. The van der Waals surface area contributed by atoms with Gasteiger partial charge >= 0.3 is 6.18 Å². The zero-order valence-electron chi connectivity index (χ0n) is 8.25. The molecule has 6 heteroatoms. The van der Waals surface area contributed by atoms with Crippen molar-refractivity contribution in [3.63, 3.8) is 0 Å². The summed E-state index contributed by atoms with van der Waals surface area (Å²) in [5.74, 6) is 0. The topological polar surface area (TPSA) is 43.7 Å². The van der Waals surface area contributed by atoms with Gasteiger partial charge in [0.05, 0.1) is 6.10 Å². The molecule has 0 aliphatic rings. The second-order valence-corrected chi connectivity index (χ2v) is 3.34. The van der Waals surface area contributed by atoms with Crippen molar-refractivity contribution >= 4 is 0 Å². The van der Waals surface area contributed by atoms with E-state index in [9.17, 15) is 13.2 Å². The van der Waals surface area contributed by atoms with Crippen LogP contribution >= 0.6 is 0 Å². The van der Waals surface area contributed by atoms with Gasteiger partial charge in [-0.1, -0.05) is 6.92 Å². The van der Waals surface area contributed by atoms with Crippen LogP contribution in [-0.4, -0.2) is 53.6 Å². The number of likely N-dealkylation sites (N-methyl/N-ethyl adjacent to an activating group) is 1. The van der Waals surface area contributed by atoms with E-state index in [1.165, 1.54) is 11.9 Å². The molecule has 0 saturated heterocycles. The Morgan fingerprint density at radius 1 is 1.21 bits per heavy atom. The smallest absolute Gasteiger partial charge is 0.392 e. The lowest BCUT2D eigenvalue weighted by Gasteiger charge is -2.23. The molecule has 14 heavy (non-hydrogen) atoms. The number of aliphatic hydroxyl groups excluding tert-OH is 2. The fourth-order valence-corrected chi connectivity index (χ4v) is 0.962. The highest BCUT2D eigenvalue weighted by Gasteiger charge is 2.38. The Balaban J connectivity index is 3.88. The first kappa shape index (κ1) is 13.7. The Kier molecular flexibility index (Phi) is 5.40. The van der Waals surface area contributed by atoms with E-state index in [0.717, 1.165) is 0 Å². The van der Waals surface area contributed by atoms with Crippen molar-refractivity contribution in [2.24, 2.45) is 0 Å². The highest BCUT2D eigenvalue weighted by Crippen LogP contribution is 2.20. The van der Waals surface area contributed by atoms with Crippen molar-refractivity contribution < 1.29 is 23.4 Å². The minimum absolute atomic E-state index is 0.129. The Labute approximate surface area is 81.1 Å². The van der Waals surface area contributed by atoms with E-state index < -0.39 is 24.9 Å². The second kappa shape index (κ2) is 5.53. The lowest BCUT2D eigenvalue weighted by Crippen LogP contribution is -2.41. The molecule has 0 saturated carbocycles. The van der Waals surface area contributed by atoms with E-state index in [-0.39, 0.29) is 6.54 Å². The van der Waals surface area contributed by atoms with Crippen LogP contribution in [0.4, 0.5) is 13.2 Å². The van der Waals surface area contributed by atoms with Gasteiger partial charge in [0, 0.05) is 13.1 Å². The number of rotatable bonds is 5. The van der Waals surface area contributed by atoms with Crippen LogP contribution < -0.4 is 0 Å². The molecule has 0 heterocycles. The molecule has 0 rings (SSSR count). The predicted octanol–water partition coefficient (Wildman–Crippen LogP) is 0.612. The summed E-state index contributed by atoms with van der Waals surface area (Å²) in [4.78, 5) is 1.26. The summed E-state index contributed by atoms with van der Waals surface area (Å²) in [6.45, 7) is 1.35. The van der Waals surface area contributed by atoms with E-state index in [0.29, 0.717) is 6.42 Å². The van der Waals surface area contributed by atoms with E-state index in [1.54, 1.807) is 6.92 Å². The van der Waals surface area contributed by atoms with Gasteiger partial charge in [0.2, 0.25) is 0 Å². The summed E-state index contributed by atoms with van der Waals surface area (Å²) in [5, 5.41) is 17.8. The number of hydrogen-bond acceptors (Lipinski definition) is 3. The summed E-state index contributed by atoms with van der Waals surface area (Å²) in [5.41, 5.74) is 0. The zero-order chi connectivity index (χ0) is 11.4. The molecule has 1 unspecified atom stereocenters. The van der Waals surface area contributed by atoms with Crippen LogP contribution in [-0.2, 0) is 0 Å². The molecule has 0 aliphatic heterocycles. The van der Waals surface area contributed by atoms with Gasteiger partial charge < -0.3 is 15.1 Å². The van der Waals surface area contributed by atoms with Crippen LogP contribution in [0.5, 0.6) is 0 Å². The van der Waals surface area contributed by atoms with E-state index in [1.807, 2.05) is 0 Å². The summed E-state index contributed by atoms with van der Waals surface area (Å²) >= 11 is 0. The molecule has 0 aromatic rings. The number of aliphatic hydroxyl groups is 2. The summed E-state index contributed by atoms with van der Waals surface area (Å²) in [6.07, 6.45) is -7.12. The molecular weight excluding hydrogens is 199 g/mol. The molecule has 0 radical (unpaired) electrons. The zero-order valence-corrected chi connectivity index (χ0v) is 8.25. The molecule has 0 bridgehead atoms. The summed E-state index contributed by atoms with van der Waals surface area (Å²) in [7, 11) is 1.42. The van der Waals surface area contributed by atoms with Gasteiger partial charge in [-0.3, -0.25) is 0 Å².